The summed E-state index contributed by atoms with van der Waals surface area (Å²) in [6.45, 7) is 4.21. The lowest BCUT2D eigenvalue weighted by Crippen LogP contribution is -2.24. The van der Waals surface area contributed by atoms with E-state index in [0.29, 0.717) is 29.7 Å². The van der Waals surface area contributed by atoms with Gasteiger partial charge in [-0.25, -0.2) is 4.39 Å². The van der Waals surface area contributed by atoms with Crippen molar-refractivity contribution in [1.29, 1.82) is 0 Å². The van der Waals surface area contributed by atoms with Gasteiger partial charge in [-0.15, -0.1) is 0 Å². The maximum Gasteiger partial charge on any atom is 0.257 e. The van der Waals surface area contributed by atoms with Crippen molar-refractivity contribution in [1.82, 2.24) is 15.0 Å². The van der Waals surface area contributed by atoms with Crippen LogP contribution < -0.4 is 0 Å². The molecule has 1 aromatic carbocycles. The molecule has 2 aromatic rings. The van der Waals surface area contributed by atoms with Crippen LogP contribution in [-0.4, -0.2) is 39.3 Å². The molecule has 2 heterocycles. The Hall–Kier alpha value is -1.79. The summed E-state index contributed by atoms with van der Waals surface area (Å²) in [5, 5.41) is 13.6. The monoisotopic (exact) mass is 291 g/mol. The molecule has 1 aromatic heterocycles. The summed E-state index contributed by atoms with van der Waals surface area (Å²) < 4.78 is 18.1. The zero-order valence-corrected chi connectivity index (χ0v) is 11.9. The first-order chi connectivity index (χ1) is 10.1. The van der Waals surface area contributed by atoms with Gasteiger partial charge in [0.15, 0.2) is 5.82 Å². The summed E-state index contributed by atoms with van der Waals surface area (Å²) in [6.07, 6.45) is 0.704. The van der Waals surface area contributed by atoms with Gasteiger partial charge in [0, 0.05) is 12.1 Å². The van der Waals surface area contributed by atoms with Gasteiger partial charge in [0.05, 0.1) is 12.6 Å². The van der Waals surface area contributed by atoms with Gasteiger partial charge in [-0.2, -0.15) is 4.98 Å². The molecule has 0 radical (unpaired) electrons. The molecule has 1 aliphatic heterocycles. The summed E-state index contributed by atoms with van der Waals surface area (Å²) in [5.74, 6) is 1.03. The van der Waals surface area contributed by atoms with Crippen LogP contribution in [0.25, 0.3) is 11.5 Å². The highest BCUT2D eigenvalue weighted by atomic mass is 19.1. The smallest absolute Gasteiger partial charge is 0.257 e. The second kappa shape index (κ2) is 5.91. The molecule has 0 bridgehead atoms. The standard InChI is InChI=1S/C15H18FN3O2/c1-10(20)12-6-7-19(8-12)9-14-17-15(21-18-14)11-2-4-13(16)5-3-11/h2-5,10,12,20H,6-9H2,1H3. The third-order valence-electron chi connectivity index (χ3n) is 3.92. The van der Waals surface area contributed by atoms with Gasteiger partial charge in [0.2, 0.25) is 0 Å². The molecule has 6 heteroatoms. The number of hydrogen-bond acceptors (Lipinski definition) is 5. The first-order valence-corrected chi connectivity index (χ1v) is 7.11. The minimum Gasteiger partial charge on any atom is -0.393 e. The molecule has 0 amide bonds. The molecule has 3 rings (SSSR count). The molecule has 1 fully saturated rings. The Morgan fingerprint density at radius 2 is 2.19 bits per heavy atom. The zero-order valence-electron chi connectivity index (χ0n) is 11.9. The number of aliphatic hydroxyl groups excluding tert-OH is 1. The van der Waals surface area contributed by atoms with E-state index in [0.717, 1.165) is 19.5 Å². The Morgan fingerprint density at radius 3 is 2.86 bits per heavy atom. The van der Waals surface area contributed by atoms with Crippen LogP contribution in [0.3, 0.4) is 0 Å². The molecule has 1 saturated heterocycles. The Bertz CT molecular complexity index is 597. The first kappa shape index (κ1) is 14.2. The van der Waals surface area contributed by atoms with Crippen molar-refractivity contribution in [2.24, 2.45) is 5.92 Å². The topological polar surface area (TPSA) is 62.4 Å². The molecule has 0 aliphatic carbocycles. The maximum absolute atomic E-state index is 12.9. The van der Waals surface area contributed by atoms with Crippen LogP contribution >= 0.6 is 0 Å². The van der Waals surface area contributed by atoms with Gasteiger partial charge >= 0.3 is 0 Å². The van der Waals surface area contributed by atoms with E-state index in [1.807, 2.05) is 6.92 Å². The third kappa shape index (κ3) is 3.28. The quantitative estimate of drug-likeness (QED) is 0.934. The average molecular weight is 291 g/mol. The predicted octanol–water partition coefficient (Wildman–Crippen LogP) is 2.08. The van der Waals surface area contributed by atoms with Crippen molar-refractivity contribution >= 4 is 0 Å². The van der Waals surface area contributed by atoms with Crippen molar-refractivity contribution in [3.8, 4) is 11.5 Å². The average Bonchev–Trinajstić information content (AvgIpc) is 3.10. The van der Waals surface area contributed by atoms with Crippen LogP contribution in [-0.2, 0) is 6.54 Å². The summed E-state index contributed by atoms with van der Waals surface area (Å²) in [6, 6.07) is 5.97. The summed E-state index contributed by atoms with van der Waals surface area (Å²) in [5.41, 5.74) is 0.707. The molecular weight excluding hydrogens is 273 g/mol. The Labute approximate surface area is 122 Å². The fourth-order valence-corrected chi connectivity index (χ4v) is 2.63. The number of aliphatic hydroxyl groups is 1. The van der Waals surface area contributed by atoms with Crippen molar-refractivity contribution in [3.63, 3.8) is 0 Å². The van der Waals surface area contributed by atoms with E-state index < -0.39 is 0 Å². The first-order valence-electron chi connectivity index (χ1n) is 7.11. The number of rotatable bonds is 4. The van der Waals surface area contributed by atoms with Crippen molar-refractivity contribution in [2.45, 2.75) is 26.0 Å². The van der Waals surface area contributed by atoms with Crippen molar-refractivity contribution < 1.29 is 14.0 Å². The van der Waals surface area contributed by atoms with Crippen LogP contribution in [0.1, 0.15) is 19.2 Å². The number of aromatic nitrogens is 2. The minimum atomic E-state index is -0.292. The van der Waals surface area contributed by atoms with E-state index in [1.54, 1.807) is 12.1 Å². The number of halogens is 1. The summed E-state index contributed by atoms with van der Waals surface area (Å²) in [4.78, 5) is 6.54. The molecule has 2 atom stereocenters. The van der Waals surface area contributed by atoms with Crippen LogP contribution in [0.15, 0.2) is 28.8 Å². The van der Waals surface area contributed by atoms with E-state index in [9.17, 15) is 9.50 Å². The number of likely N-dealkylation sites (tertiary alicyclic amines) is 1. The van der Waals surface area contributed by atoms with Gasteiger partial charge in [-0.05, 0) is 50.1 Å². The lowest BCUT2D eigenvalue weighted by atomic mass is 10.0. The molecule has 1 aliphatic rings. The maximum atomic E-state index is 12.9. The van der Waals surface area contributed by atoms with Crippen LogP contribution in [0.5, 0.6) is 0 Å². The lowest BCUT2D eigenvalue weighted by molar-refractivity contribution is 0.127. The second-order valence-electron chi connectivity index (χ2n) is 5.55. The number of benzene rings is 1. The highest BCUT2D eigenvalue weighted by molar-refractivity contribution is 5.52. The Balaban J connectivity index is 1.64. The summed E-state index contributed by atoms with van der Waals surface area (Å²) >= 11 is 0. The third-order valence-corrected chi connectivity index (χ3v) is 3.92. The summed E-state index contributed by atoms with van der Waals surface area (Å²) in [7, 11) is 0. The lowest BCUT2D eigenvalue weighted by Gasteiger charge is -2.15. The fraction of sp³-hybridized carbons (Fsp3) is 0.467. The number of hydrogen-bond donors (Lipinski definition) is 1. The highest BCUT2D eigenvalue weighted by Gasteiger charge is 2.26. The molecule has 21 heavy (non-hydrogen) atoms. The molecule has 1 N–H and O–H groups in total. The SMILES string of the molecule is CC(O)C1CCN(Cc2noc(-c3ccc(F)cc3)n2)C1. The second-order valence-corrected chi connectivity index (χ2v) is 5.55. The van der Waals surface area contributed by atoms with Gasteiger partial charge in [-0.3, -0.25) is 4.90 Å². The van der Waals surface area contributed by atoms with Crippen molar-refractivity contribution in [3.05, 3.63) is 35.9 Å². The van der Waals surface area contributed by atoms with E-state index in [-0.39, 0.29) is 11.9 Å². The van der Waals surface area contributed by atoms with E-state index >= 15 is 0 Å². The highest BCUT2D eigenvalue weighted by Crippen LogP contribution is 2.22. The largest absolute Gasteiger partial charge is 0.393 e. The number of nitrogens with zero attached hydrogens (tertiary/aromatic N) is 3. The molecule has 2 unspecified atom stereocenters. The van der Waals surface area contributed by atoms with Gasteiger partial charge in [-0.1, -0.05) is 5.16 Å². The van der Waals surface area contributed by atoms with Gasteiger partial charge in [0.1, 0.15) is 5.82 Å². The van der Waals surface area contributed by atoms with E-state index in [1.165, 1.54) is 12.1 Å². The van der Waals surface area contributed by atoms with Crippen LogP contribution in [0.2, 0.25) is 0 Å². The Morgan fingerprint density at radius 1 is 1.43 bits per heavy atom. The molecular formula is C15H18FN3O2. The molecule has 0 saturated carbocycles. The minimum absolute atomic E-state index is 0.282. The molecule has 112 valence electrons. The van der Waals surface area contributed by atoms with E-state index in [4.69, 9.17) is 4.52 Å². The Kier molecular flexibility index (Phi) is 3.98. The van der Waals surface area contributed by atoms with Crippen LogP contribution in [0.4, 0.5) is 4.39 Å². The van der Waals surface area contributed by atoms with E-state index in [2.05, 4.69) is 15.0 Å². The zero-order chi connectivity index (χ0) is 14.8. The van der Waals surface area contributed by atoms with Crippen molar-refractivity contribution in [2.75, 3.05) is 13.1 Å². The van der Waals surface area contributed by atoms with Gasteiger partial charge < -0.3 is 9.63 Å². The molecule has 5 nitrogen and oxygen atoms in total. The normalized spacial score (nSPS) is 20.8. The fourth-order valence-electron chi connectivity index (χ4n) is 2.63. The molecule has 0 spiro atoms. The van der Waals surface area contributed by atoms with Crippen LogP contribution in [0, 0.1) is 11.7 Å². The predicted molar refractivity (Wildman–Crippen MR) is 74.8 cm³/mol. The van der Waals surface area contributed by atoms with Gasteiger partial charge in [0.25, 0.3) is 5.89 Å².